The maximum absolute atomic E-state index is 12.5. The fourth-order valence-corrected chi connectivity index (χ4v) is 1.11. The van der Waals surface area contributed by atoms with E-state index >= 15 is 0 Å². The highest BCUT2D eigenvalue weighted by Crippen LogP contribution is 2.32. The van der Waals surface area contributed by atoms with Crippen LogP contribution in [0.4, 0.5) is 13.2 Å². The maximum atomic E-state index is 12.5. The number of halogens is 3. The Morgan fingerprint density at radius 3 is 2.38 bits per heavy atom. The molecule has 86 valence electrons. The monoisotopic (exact) mass is 231 g/mol. The summed E-state index contributed by atoms with van der Waals surface area (Å²) in [5.74, 6) is -1.46. The van der Waals surface area contributed by atoms with Crippen molar-refractivity contribution in [2.24, 2.45) is 5.73 Å². The second-order valence-corrected chi connectivity index (χ2v) is 2.99. The second kappa shape index (κ2) is 4.26. The molecule has 0 aliphatic rings. The number of rotatable bonds is 2. The summed E-state index contributed by atoms with van der Waals surface area (Å²) in [5, 5.41) is 8.46. The number of carboxylic acid groups (broad SMARTS) is 1. The minimum Gasteiger partial charge on any atom is -0.477 e. The normalized spacial score (nSPS) is 12.6. The standard InChI is InChI=1S/C10H8F3NO2/c11-10(12,13)7-4-2-1-3-6(7)5-8(14)9(15)16/h1-5H,14H2,(H,15,16)/b8-5-. The van der Waals surface area contributed by atoms with Crippen LogP contribution in [-0.4, -0.2) is 11.1 Å². The third-order valence-corrected chi connectivity index (χ3v) is 1.82. The van der Waals surface area contributed by atoms with Gasteiger partial charge in [0.25, 0.3) is 0 Å². The summed E-state index contributed by atoms with van der Waals surface area (Å²) in [6, 6.07) is 4.60. The number of hydrogen-bond donors (Lipinski definition) is 2. The van der Waals surface area contributed by atoms with Gasteiger partial charge in [-0.15, -0.1) is 0 Å². The van der Waals surface area contributed by atoms with Gasteiger partial charge in [0.1, 0.15) is 5.70 Å². The molecule has 3 N–H and O–H groups in total. The minimum absolute atomic E-state index is 0.269. The van der Waals surface area contributed by atoms with Crippen LogP contribution in [0.5, 0.6) is 0 Å². The SMILES string of the molecule is N/C(=C\c1ccccc1C(F)(F)F)C(=O)O. The lowest BCUT2D eigenvalue weighted by atomic mass is 10.1. The molecule has 0 radical (unpaired) electrons. The lowest BCUT2D eigenvalue weighted by Gasteiger charge is -2.09. The van der Waals surface area contributed by atoms with E-state index in [0.717, 1.165) is 18.2 Å². The van der Waals surface area contributed by atoms with Crippen LogP contribution in [0, 0.1) is 0 Å². The van der Waals surface area contributed by atoms with E-state index in [1.54, 1.807) is 0 Å². The summed E-state index contributed by atoms with van der Waals surface area (Å²) in [7, 11) is 0. The predicted octanol–water partition coefficient (Wildman–Crippen LogP) is 2.09. The van der Waals surface area contributed by atoms with E-state index in [2.05, 4.69) is 0 Å². The Morgan fingerprint density at radius 1 is 1.31 bits per heavy atom. The number of aliphatic carboxylic acids is 1. The Balaban J connectivity index is 3.25. The van der Waals surface area contributed by atoms with Gasteiger partial charge in [-0.25, -0.2) is 4.79 Å². The van der Waals surface area contributed by atoms with Crippen molar-refractivity contribution in [2.75, 3.05) is 0 Å². The van der Waals surface area contributed by atoms with Crippen molar-refractivity contribution in [1.82, 2.24) is 0 Å². The molecule has 1 aromatic carbocycles. The zero-order valence-corrected chi connectivity index (χ0v) is 7.95. The highest BCUT2D eigenvalue weighted by atomic mass is 19.4. The lowest BCUT2D eigenvalue weighted by Crippen LogP contribution is -2.11. The van der Waals surface area contributed by atoms with Crippen molar-refractivity contribution in [2.45, 2.75) is 6.18 Å². The summed E-state index contributed by atoms with van der Waals surface area (Å²) in [6.45, 7) is 0. The van der Waals surface area contributed by atoms with Crippen LogP contribution in [0.2, 0.25) is 0 Å². The van der Waals surface area contributed by atoms with Gasteiger partial charge in [-0.05, 0) is 17.7 Å². The van der Waals surface area contributed by atoms with Gasteiger partial charge in [-0.3, -0.25) is 0 Å². The first kappa shape index (κ1) is 12.1. The van der Waals surface area contributed by atoms with Gasteiger partial charge in [0.2, 0.25) is 0 Å². The Morgan fingerprint density at radius 2 is 1.88 bits per heavy atom. The molecule has 0 heterocycles. The van der Waals surface area contributed by atoms with Crippen molar-refractivity contribution >= 4 is 12.0 Å². The van der Waals surface area contributed by atoms with Crippen molar-refractivity contribution in [1.29, 1.82) is 0 Å². The van der Waals surface area contributed by atoms with Crippen LogP contribution in [0.1, 0.15) is 11.1 Å². The van der Waals surface area contributed by atoms with Crippen molar-refractivity contribution < 1.29 is 23.1 Å². The van der Waals surface area contributed by atoms with E-state index in [4.69, 9.17) is 10.8 Å². The Hall–Kier alpha value is -1.98. The maximum Gasteiger partial charge on any atom is 0.416 e. The molecule has 0 amide bonds. The molecule has 0 unspecified atom stereocenters. The van der Waals surface area contributed by atoms with Gasteiger partial charge < -0.3 is 10.8 Å². The number of hydrogen-bond acceptors (Lipinski definition) is 2. The number of alkyl halides is 3. The molecule has 3 nitrogen and oxygen atoms in total. The first-order valence-corrected chi connectivity index (χ1v) is 4.19. The zero-order valence-electron chi connectivity index (χ0n) is 7.95. The molecule has 0 saturated heterocycles. The highest BCUT2D eigenvalue weighted by molar-refractivity contribution is 5.91. The fourth-order valence-electron chi connectivity index (χ4n) is 1.11. The number of carboxylic acids is 1. The highest BCUT2D eigenvalue weighted by Gasteiger charge is 2.32. The topological polar surface area (TPSA) is 63.3 Å². The van der Waals surface area contributed by atoms with Gasteiger partial charge in [0.05, 0.1) is 5.56 Å². The molecule has 1 aromatic rings. The molecule has 0 saturated carbocycles. The molecular formula is C10H8F3NO2. The average molecular weight is 231 g/mol. The summed E-state index contributed by atoms with van der Waals surface area (Å²) in [4.78, 5) is 10.4. The van der Waals surface area contributed by atoms with Crippen LogP contribution < -0.4 is 5.73 Å². The van der Waals surface area contributed by atoms with E-state index in [1.807, 2.05) is 0 Å². The summed E-state index contributed by atoms with van der Waals surface area (Å²) < 4.78 is 37.4. The van der Waals surface area contributed by atoms with Crippen molar-refractivity contribution in [3.05, 3.63) is 41.1 Å². The van der Waals surface area contributed by atoms with Crippen molar-refractivity contribution in [3.8, 4) is 0 Å². The van der Waals surface area contributed by atoms with E-state index in [-0.39, 0.29) is 5.56 Å². The quantitative estimate of drug-likeness (QED) is 0.766. The van der Waals surface area contributed by atoms with Crippen LogP contribution in [0.25, 0.3) is 6.08 Å². The van der Waals surface area contributed by atoms with E-state index < -0.39 is 23.4 Å². The number of nitrogens with two attached hydrogens (primary N) is 1. The minimum atomic E-state index is -4.54. The van der Waals surface area contributed by atoms with Gasteiger partial charge in [-0.1, -0.05) is 18.2 Å². The Bertz CT molecular complexity index is 438. The molecule has 6 heteroatoms. The first-order chi connectivity index (χ1) is 7.32. The number of benzene rings is 1. The van der Waals surface area contributed by atoms with Crippen LogP contribution in [-0.2, 0) is 11.0 Å². The summed E-state index contributed by atoms with van der Waals surface area (Å²) >= 11 is 0. The Kier molecular flexibility index (Phi) is 3.22. The third kappa shape index (κ3) is 2.75. The molecule has 0 aromatic heterocycles. The molecule has 0 aliphatic heterocycles. The average Bonchev–Trinajstić information content (AvgIpc) is 2.16. The molecule has 0 bridgehead atoms. The zero-order chi connectivity index (χ0) is 12.3. The lowest BCUT2D eigenvalue weighted by molar-refractivity contribution is -0.138. The molecule has 0 spiro atoms. The van der Waals surface area contributed by atoms with Crippen LogP contribution >= 0.6 is 0 Å². The Labute approximate surface area is 89.0 Å². The third-order valence-electron chi connectivity index (χ3n) is 1.82. The van der Waals surface area contributed by atoms with Crippen molar-refractivity contribution in [3.63, 3.8) is 0 Å². The van der Waals surface area contributed by atoms with E-state index in [9.17, 15) is 18.0 Å². The molecule has 0 aliphatic carbocycles. The van der Waals surface area contributed by atoms with Crippen LogP contribution in [0.3, 0.4) is 0 Å². The molecule has 0 atom stereocenters. The van der Waals surface area contributed by atoms with E-state index in [1.165, 1.54) is 12.1 Å². The summed E-state index contributed by atoms with van der Waals surface area (Å²) in [5.41, 5.74) is 3.23. The van der Waals surface area contributed by atoms with Gasteiger partial charge in [0.15, 0.2) is 0 Å². The summed E-state index contributed by atoms with van der Waals surface area (Å²) in [6.07, 6.45) is -3.75. The van der Waals surface area contributed by atoms with Crippen LogP contribution in [0.15, 0.2) is 30.0 Å². The van der Waals surface area contributed by atoms with Gasteiger partial charge in [0, 0.05) is 0 Å². The predicted molar refractivity (Wildman–Crippen MR) is 51.2 cm³/mol. The molecule has 16 heavy (non-hydrogen) atoms. The first-order valence-electron chi connectivity index (χ1n) is 4.19. The largest absolute Gasteiger partial charge is 0.477 e. The number of carbonyl (C=O) groups is 1. The second-order valence-electron chi connectivity index (χ2n) is 2.99. The fraction of sp³-hybridized carbons (Fsp3) is 0.100. The molecular weight excluding hydrogens is 223 g/mol. The molecule has 0 fully saturated rings. The van der Waals surface area contributed by atoms with Gasteiger partial charge in [-0.2, -0.15) is 13.2 Å². The molecule has 1 rings (SSSR count). The smallest absolute Gasteiger partial charge is 0.416 e. The van der Waals surface area contributed by atoms with Gasteiger partial charge >= 0.3 is 12.1 Å². The van der Waals surface area contributed by atoms with E-state index in [0.29, 0.717) is 0 Å².